The van der Waals surface area contributed by atoms with Crippen molar-refractivity contribution in [1.82, 2.24) is 9.62 Å². The van der Waals surface area contributed by atoms with E-state index in [2.05, 4.69) is 20.7 Å². The maximum atomic E-state index is 13.7. The van der Waals surface area contributed by atoms with Crippen LogP contribution in [0.5, 0.6) is 5.75 Å². The number of nitrogens with zero attached hydrogens (tertiary/aromatic N) is 1. The number of hydrogen-bond donors (Lipinski definition) is 1. The average Bonchev–Trinajstić information content (AvgIpc) is 2.93. The van der Waals surface area contributed by atoms with Crippen LogP contribution in [0.2, 0.25) is 0 Å². The summed E-state index contributed by atoms with van der Waals surface area (Å²) < 4.78 is 45.0. The lowest BCUT2D eigenvalue weighted by atomic mass is 10.2. The molecule has 1 amide bonds. The van der Waals surface area contributed by atoms with Gasteiger partial charge in [-0.25, -0.2) is 17.5 Å². The SMILES string of the molecule is CNS(=O)(=O)C[C@@H]1CCCN1C(=O)COc1ccc(Br)cc1F. The molecular weight excluding hydrogens is 391 g/mol. The molecule has 2 rings (SSSR count). The molecule has 0 aromatic heterocycles. The van der Waals surface area contributed by atoms with Crippen LogP contribution < -0.4 is 9.46 Å². The number of carbonyl (C=O) groups excluding carboxylic acids is 1. The number of amides is 1. The van der Waals surface area contributed by atoms with Gasteiger partial charge in [0.2, 0.25) is 10.0 Å². The minimum Gasteiger partial charge on any atom is -0.481 e. The molecule has 1 atom stereocenters. The van der Waals surface area contributed by atoms with E-state index >= 15 is 0 Å². The highest BCUT2D eigenvalue weighted by molar-refractivity contribution is 9.10. The Morgan fingerprint density at radius 2 is 2.26 bits per heavy atom. The number of ether oxygens (including phenoxy) is 1. The first kappa shape index (κ1) is 18.2. The molecule has 1 aliphatic rings. The molecule has 1 saturated heterocycles. The van der Waals surface area contributed by atoms with Gasteiger partial charge in [-0.15, -0.1) is 0 Å². The van der Waals surface area contributed by atoms with Gasteiger partial charge in [-0.05, 0) is 38.1 Å². The molecule has 0 spiro atoms. The highest BCUT2D eigenvalue weighted by Gasteiger charge is 2.32. The van der Waals surface area contributed by atoms with Gasteiger partial charge in [-0.1, -0.05) is 15.9 Å². The third-order valence-electron chi connectivity index (χ3n) is 3.67. The van der Waals surface area contributed by atoms with Gasteiger partial charge >= 0.3 is 0 Å². The summed E-state index contributed by atoms with van der Waals surface area (Å²) in [5.74, 6) is -1.06. The van der Waals surface area contributed by atoms with E-state index in [4.69, 9.17) is 4.74 Å². The predicted molar refractivity (Wildman–Crippen MR) is 87.2 cm³/mol. The predicted octanol–water partition coefficient (Wildman–Crippen LogP) is 1.51. The molecule has 0 unspecified atom stereocenters. The second kappa shape index (κ2) is 7.59. The third kappa shape index (κ3) is 4.89. The van der Waals surface area contributed by atoms with Crippen LogP contribution in [0.4, 0.5) is 4.39 Å². The van der Waals surface area contributed by atoms with Crippen molar-refractivity contribution in [3.8, 4) is 5.75 Å². The summed E-state index contributed by atoms with van der Waals surface area (Å²) in [6, 6.07) is 3.91. The van der Waals surface area contributed by atoms with E-state index in [-0.39, 0.29) is 30.1 Å². The van der Waals surface area contributed by atoms with Crippen molar-refractivity contribution in [2.24, 2.45) is 0 Å². The van der Waals surface area contributed by atoms with Crippen molar-refractivity contribution in [2.75, 3.05) is 26.0 Å². The number of benzene rings is 1. The van der Waals surface area contributed by atoms with Gasteiger partial charge in [0.15, 0.2) is 18.2 Å². The summed E-state index contributed by atoms with van der Waals surface area (Å²) in [7, 11) is -2.05. The first-order valence-electron chi connectivity index (χ1n) is 7.11. The van der Waals surface area contributed by atoms with Crippen molar-refractivity contribution in [1.29, 1.82) is 0 Å². The number of nitrogens with one attached hydrogen (secondary N) is 1. The summed E-state index contributed by atoms with van der Waals surface area (Å²) in [6.45, 7) is 0.156. The van der Waals surface area contributed by atoms with Crippen LogP contribution in [0.1, 0.15) is 12.8 Å². The number of likely N-dealkylation sites (tertiary alicyclic amines) is 1. The summed E-state index contributed by atoms with van der Waals surface area (Å²) >= 11 is 3.14. The van der Waals surface area contributed by atoms with Crippen molar-refractivity contribution >= 4 is 31.9 Å². The molecule has 0 saturated carbocycles. The van der Waals surface area contributed by atoms with Crippen molar-refractivity contribution in [2.45, 2.75) is 18.9 Å². The van der Waals surface area contributed by atoms with Crippen LogP contribution in [0, 0.1) is 5.82 Å². The standard InChI is InChI=1S/C14H18BrFN2O4S/c1-17-23(20,21)9-11-3-2-6-18(11)14(19)8-22-13-5-4-10(15)7-12(13)16/h4-5,7,11,17H,2-3,6,8-9H2,1H3/t11-/m0/s1. The Balaban J connectivity index is 1.96. The van der Waals surface area contributed by atoms with Gasteiger partial charge in [0.1, 0.15) is 0 Å². The monoisotopic (exact) mass is 408 g/mol. The topological polar surface area (TPSA) is 75.7 Å². The Kier molecular flexibility index (Phi) is 5.99. The quantitative estimate of drug-likeness (QED) is 0.773. The van der Waals surface area contributed by atoms with E-state index in [0.29, 0.717) is 17.4 Å². The first-order chi connectivity index (χ1) is 10.8. The molecule has 1 aromatic carbocycles. The highest BCUT2D eigenvalue weighted by atomic mass is 79.9. The van der Waals surface area contributed by atoms with Gasteiger partial charge in [0.05, 0.1) is 5.75 Å². The maximum Gasteiger partial charge on any atom is 0.260 e. The minimum absolute atomic E-state index is 0.0138. The third-order valence-corrected chi connectivity index (χ3v) is 5.60. The summed E-state index contributed by atoms with van der Waals surface area (Å²) in [5, 5.41) is 0. The molecule has 23 heavy (non-hydrogen) atoms. The molecule has 1 N–H and O–H groups in total. The van der Waals surface area contributed by atoms with Crippen LogP contribution in [-0.4, -0.2) is 51.2 Å². The second-order valence-corrected chi connectivity index (χ2v) is 8.12. The summed E-state index contributed by atoms with van der Waals surface area (Å²) in [6.07, 6.45) is 1.36. The number of sulfonamides is 1. The summed E-state index contributed by atoms with van der Waals surface area (Å²) in [4.78, 5) is 13.7. The van der Waals surface area contributed by atoms with Gasteiger partial charge in [0.25, 0.3) is 5.91 Å². The van der Waals surface area contributed by atoms with E-state index < -0.39 is 15.8 Å². The summed E-state index contributed by atoms with van der Waals surface area (Å²) in [5.41, 5.74) is 0. The number of halogens is 2. The molecule has 0 bridgehead atoms. The van der Waals surface area contributed by atoms with Crippen LogP contribution in [0.25, 0.3) is 0 Å². The van der Waals surface area contributed by atoms with Gasteiger partial charge in [-0.3, -0.25) is 4.79 Å². The van der Waals surface area contributed by atoms with Gasteiger partial charge < -0.3 is 9.64 Å². The van der Waals surface area contributed by atoms with Crippen LogP contribution in [0.3, 0.4) is 0 Å². The molecule has 9 heteroatoms. The fourth-order valence-corrected chi connectivity index (χ4v) is 3.84. The van der Waals surface area contributed by atoms with Crippen molar-refractivity contribution < 1.29 is 22.3 Å². The number of rotatable bonds is 6. The molecule has 6 nitrogen and oxygen atoms in total. The van der Waals surface area contributed by atoms with E-state index in [0.717, 1.165) is 6.42 Å². The van der Waals surface area contributed by atoms with E-state index in [9.17, 15) is 17.6 Å². The Labute approximate surface area is 143 Å². The Morgan fingerprint density at radius 1 is 1.52 bits per heavy atom. The Hall–Kier alpha value is -1.19. The van der Waals surface area contributed by atoms with Crippen molar-refractivity contribution in [3.05, 3.63) is 28.5 Å². The first-order valence-corrected chi connectivity index (χ1v) is 9.55. The van der Waals surface area contributed by atoms with Crippen LogP contribution in [0.15, 0.2) is 22.7 Å². The zero-order chi connectivity index (χ0) is 17.0. The van der Waals surface area contributed by atoms with Crippen LogP contribution in [-0.2, 0) is 14.8 Å². The zero-order valence-electron chi connectivity index (χ0n) is 12.6. The van der Waals surface area contributed by atoms with Crippen LogP contribution >= 0.6 is 15.9 Å². The fraction of sp³-hybridized carbons (Fsp3) is 0.500. The largest absolute Gasteiger partial charge is 0.481 e. The lowest BCUT2D eigenvalue weighted by Gasteiger charge is -2.24. The van der Waals surface area contributed by atoms with E-state index in [1.165, 1.54) is 24.1 Å². The smallest absolute Gasteiger partial charge is 0.260 e. The lowest BCUT2D eigenvalue weighted by Crippen LogP contribution is -2.43. The highest BCUT2D eigenvalue weighted by Crippen LogP contribution is 2.22. The Morgan fingerprint density at radius 3 is 2.91 bits per heavy atom. The average molecular weight is 409 g/mol. The number of hydrogen-bond acceptors (Lipinski definition) is 4. The van der Waals surface area contributed by atoms with Gasteiger partial charge in [0, 0.05) is 17.1 Å². The molecule has 1 fully saturated rings. The minimum atomic E-state index is -3.40. The maximum absolute atomic E-state index is 13.7. The lowest BCUT2D eigenvalue weighted by molar-refractivity contribution is -0.133. The zero-order valence-corrected chi connectivity index (χ0v) is 15.0. The molecular formula is C14H18BrFN2O4S. The second-order valence-electron chi connectivity index (χ2n) is 5.23. The molecule has 0 radical (unpaired) electrons. The molecule has 1 aliphatic heterocycles. The van der Waals surface area contributed by atoms with Gasteiger partial charge in [-0.2, -0.15) is 0 Å². The number of carbonyl (C=O) groups is 1. The fourth-order valence-electron chi connectivity index (χ4n) is 2.49. The normalized spacial score (nSPS) is 18.2. The van der Waals surface area contributed by atoms with Crippen molar-refractivity contribution in [3.63, 3.8) is 0 Å². The van der Waals surface area contributed by atoms with E-state index in [1.54, 1.807) is 6.07 Å². The molecule has 128 valence electrons. The molecule has 1 aromatic rings. The Bertz CT molecular complexity index is 683. The van der Waals surface area contributed by atoms with E-state index in [1.807, 2.05) is 0 Å². The molecule has 1 heterocycles. The molecule has 0 aliphatic carbocycles.